The lowest BCUT2D eigenvalue weighted by Gasteiger charge is -2.11. The van der Waals surface area contributed by atoms with Crippen molar-refractivity contribution in [3.63, 3.8) is 0 Å². The maximum absolute atomic E-state index is 13.7. The molecule has 0 aliphatic rings. The second-order valence-corrected chi connectivity index (χ2v) is 9.33. The molecule has 0 fully saturated rings. The minimum absolute atomic E-state index is 0.0109. The number of carbonyl (C=O) groups excluding carboxylic acids is 1. The topological polar surface area (TPSA) is 68.9 Å². The standard InChI is InChI=1S/C28H25ClN4O2/c1-17-8-11-24-22(12-17)26-27(28(35)32(16-30-26)14-20-6-4-5-7-23(20)29)33(24)15-25(34)31-21-10-9-18(2)19(3)13-21/h4-13,16H,14-15H2,1-3H3,(H,31,34). The Bertz CT molecular complexity index is 1670. The summed E-state index contributed by atoms with van der Waals surface area (Å²) < 4.78 is 3.30. The molecule has 2 aromatic heterocycles. The van der Waals surface area contributed by atoms with Gasteiger partial charge in [0.25, 0.3) is 5.56 Å². The molecule has 0 unspecified atom stereocenters. The van der Waals surface area contributed by atoms with Gasteiger partial charge in [0.2, 0.25) is 5.91 Å². The number of rotatable bonds is 5. The zero-order chi connectivity index (χ0) is 24.7. The van der Waals surface area contributed by atoms with Crippen LogP contribution in [0, 0.1) is 20.8 Å². The fourth-order valence-corrected chi connectivity index (χ4v) is 4.56. The minimum atomic E-state index is -0.220. The second-order valence-electron chi connectivity index (χ2n) is 8.92. The van der Waals surface area contributed by atoms with E-state index in [9.17, 15) is 9.59 Å². The number of anilines is 1. The maximum atomic E-state index is 13.7. The maximum Gasteiger partial charge on any atom is 0.278 e. The highest BCUT2D eigenvalue weighted by molar-refractivity contribution is 6.31. The smallest absolute Gasteiger partial charge is 0.278 e. The van der Waals surface area contributed by atoms with E-state index in [0.717, 1.165) is 38.8 Å². The Morgan fingerprint density at radius 2 is 1.80 bits per heavy atom. The highest BCUT2D eigenvalue weighted by atomic mass is 35.5. The van der Waals surface area contributed by atoms with Crippen molar-refractivity contribution in [3.8, 4) is 0 Å². The Hall–Kier alpha value is -3.90. The van der Waals surface area contributed by atoms with Crippen LogP contribution in [-0.2, 0) is 17.9 Å². The SMILES string of the molecule is Cc1ccc2c(c1)c1ncn(Cc3ccccc3Cl)c(=O)c1n2CC(=O)Nc1ccc(C)c(C)c1. The molecule has 0 radical (unpaired) electrons. The van der Waals surface area contributed by atoms with Crippen LogP contribution in [-0.4, -0.2) is 20.0 Å². The van der Waals surface area contributed by atoms with E-state index in [2.05, 4.69) is 10.3 Å². The Balaban J connectivity index is 1.60. The van der Waals surface area contributed by atoms with Gasteiger partial charge in [0, 0.05) is 16.1 Å². The molecule has 7 heteroatoms. The first-order chi connectivity index (χ1) is 16.8. The first-order valence-corrected chi connectivity index (χ1v) is 11.8. The summed E-state index contributed by atoms with van der Waals surface area (Å²) in [6.45, 7) is 6.31. The van der Waals surface area contributed by atoms with Gasteiger partial charge in [-0.05, 0) is 67.8 Å². The molecule has 0 aliphatic carbocycles. The van der Waals surface area contributed by atoms with Crippen molar-refractivity contribution in [1.29, 1.82) is 0 Å². The predicted molar refractivity (Wildman–Crippen MR) is 141 cm³/mol. The van der Waals surface area contributed by atoms with Crippen molar-refractivity contribution in [3.05, 3.63) is 105 Å². The molecule has 1 N–H and O–H groups in total. The van der Waals surface area contributed by atoms with E-state index in [-0.39, 0.29) is 24.6 Å². The van der Waals surface area contributed by atoms with E-state index in [0.29, 0.717) is 16.1 Å². The number of halogens is 1. The summed E-state index contributed by atoms with van der Waals surface area (Å²) in [5, 5.41) is 4.40. The minimum Gasteiger partial charge on any atom is -0.325 e. The molecule has 176 valence electrons. The van der Waals surface area contributed by atoms with Crippen molar-refractivity contribution in [2.45, 2.75) is 33.9 Å². The largest absolute Gasteiger partial charge is 0.325 e. The van der Waals surface area contributed by atoms with Gasteiger partial charge in [0.15, 0.2) is 0 Å². The van der Waals surface area contributed by atoms with Gasteiger partial charge in [-0.25, -0.2) is 4.98 Å². The lowest BCUT2D eigenvalue weighted by molar-refractivity contribution is -0.116. The predicted octanol–water partition coefficient (Wildman–Crippen LogP) is 5.62. The molecule has 5 aromatic rings. The third-order valence-corrected chi connectivity index (χ3v) is 6.74. The molecule has 0 bridgehead atoms. The van der Waals surface area contributed by atoms with Crippen LogP contribution >= 0.6 is 11.6 Å². The molecular formula is C28H25ClN4O2. The van der Waals surface area contributed by atoms with Crippen LogP contribution in [0.15, 0.2) is 71.8 Å². The average molecular weight is 485 g/mol. The molecule has 6 nitrogen and oxygen atoms in total. The Labute approximate surface area is 207 Å². The number of fused-ring (bicyclic) bond motifs is 3. The van der Waals surface area contributed by atoms with Gasteiger partial charge in [-0.2, -0.15) is 0 Å². The number of hydrogen-bond acceptors (Lipinski definition) is 3. The van der Waals surface area contributed by atoms with Crippen molar-refractivity contribution in [1.82, 2.24) is 14.1 Å². The van der Waals surface area contributed by atoms with E-state index in [1.54, 1.807) is 17.0 Å². The molecule has 3 aromatic carbocycles. The fraction of sp³-hybridized carbons (Fsp3) is 0.179. The lowest BCUT2D eigenvalue weighted by atomic mass is 10.1. The molecule has 1 amide bonds. The van der Waals surface area contributed by atoms with E-state index >= 15 is 0 Å². The van der Waals surface area contributed by atoms with Crippen LogP contribution in [0.1, 0.15) is 22.3 Å². The molecule has 35 heavy (non-hydrogen) atoms. The number of nitrogens with zero attached hydrogens (tertiary/aromatic N) is 3. The number of aromatic nitrogens is 3. The van der Waals surface area contributed by atoms with E-state index in [1.165, 1.54) is 4.57 Å². The van der Waals surface area contributed by atoms with Gasteiger partial charge in [-0.1, -0.05) is 47.5 Å². The molecule has 5 rings (SSSR count). The van der Waals surface area contributed by atoms with Crippen molar-refractivity contribution >= 4 is 45.1 Å². The first kappa shape index (κ1) is 22.9. The molecule has 2 heterocycles. The van der Waals surface area contributed by atoms with E-state index in [4.69, 9.17) is 11.6 Å². The quantitative estimate of drug-likeness (QED) is 0.352. The Kier molecular flexibility index (Phi) is 5.91. The summed E-state index contributed by atoms with van der Waals surface area (Å²) >= 11 is 6.33. The zero-order valence-corrected chi connectivity index (χ0v) is 20.6. The number of aryl methyl sites for hydroxylation is 3. The highest BCUT2D eigenvalue weighted by Crippen LogP contribution is 2.27. The summed E-state index contributed by atoms with van der Waals surface area (Å²) in [5.41, 5.74) is 6.42. The summed E-state index contributed by atoms with van der Waals surface area (Å²) in [5.74, 6) is -0.214. The van der Waals surface area contributed by atoms with Gasteiger partial charge in [-0.15, -0.1) is 0 Å². The Morgan fingerprint density at radius 1 is 1.00 bits per heavy atom. The number of amides is 1. The summed E-state index contributed by atoms with van der Waals surface area (Å²) in [6, 6.07) is 19.1. The number of benzene rings is 3. The van der Waals surface area contributed by atoms with E-state index in [1.807, 2.05) is 75.4 Å². The average Bonchev–Trinajstić information content (AvgIpc) is 3.12. The van der Waals surface area contributed by atoms with E-state index < -0.39 is 0 Å². The molecule has 0 aliphatic heterocycles. The summed E-state index contributed by atoms with van der Waals surface area (Å²) in [6.07, 6.45) is 1.55. The van der Waals surface area contributed by atoms with Crippen LogP contribution in [0.4, 0.5) is 5.69 Å². The van der Waals surface area contributed by atoms with Gasteiger partial charge < -0.3 is 9.88 Å². The normalized spacial score (nSPS) is 11.3. The van der Waals surface area contributed by atoms with Crippen LogP contribution < -0.4 is 10.9 Å². The van der Waals surface area contributed by atoms with Crippen LogP contribution in [0.25, 0.3) is 21.9 Å². The monoisotopic (exact) mass is 484 g/mol. The molecule has 0 spiro atoms. The molecule has 0 saturated carbocycles. The van der Waals surface area contributed by atoms with Gasteiger partial charge in [0.1, 0.15) is 17.6 Å². The molecule has 0 atom stereocenters. The number of nitrogens with one attached hydrogen (secondary N) is 1. The highest BCUT2D eigenvalue weighted by Gasteiger charge is 2.19. The van der Waals surface area contributed by atoms with Crippen LogP contribution in [0.3, 0.4) is 0 Å². The third-order valence-electron chi connectivity index (χ3n) is 6.37. The molecular weight excluding hydrogens is 460 g/mol. The van der Waals surface area contributed by atoms with Gasteiger partial charge in [0.05, 0.1) is 18.4 Å². The zero-order valence-electron chi connectivity index (χ0n) is 19.8. The second kappa shape index (κ2) is 9.04. The van der Waals surface area contributed by atoms with Crippen molar-refractivity contribution < 1.29 is 4.79 Å². The fourth-order valence-electron chi connectivity index (χ4n) is 4.36. The first-order valence-electron chi connectivity index (χ1n) is 11.4. The molecule has 0 saturated heterocycles. The van der Waals surface area contributed by atoms with Gasteiger partial charge in [-0.3, -0.25) is 14.2 Å². The third kappa shape index (κ3) is 4.33. The Morgan fingerprint density at radius 3 is 2.57 bits per heavy atom. The van der Waals surface area contributed by atoms with Crippen molar-refractivity contribution in [2.24, 2.45) is 0 Å². The summed E-state index contributed by atoms with van der Waals surface area (Å²) in [4.78, 5) is 31.4. The van der Waals surface area contributed by atoms with Gasteiger partial charge >= 0.3 is 0 Å². The number of carbonyl (C=O) groups is 1. The number of hydrogen-bond donors (Lipinski definition) is 1. The lowest BCUT2D eigenvalue weighted by Crippen LogP contribution is -2.25. The van der Waals surface area contributed by atoms with Crippen LogP contribution in [0.5, 0.6) is 0 Å². The summed E-state index contributed by atoms with van der Waals surface area (Å²) in [7, 11) is 0. The van der Waals surface area contributed by atoms with Crippen molar-refractivity contribution in [2.75, 3.05) is 5.32 Å². The van der Waals surface area contributed by atoms with Crippen LogP contribution in [0.2, 0.25) is 5.02 Å².